The monoisotopic (exact) mass is 180 g/mol. The van der Waals surface area contributed by atoms with Crippen LogP contribution in [0.3, 0.4) is 0 Å². The zero-order valence-electron chi connectivity index (χ0n) is 8.17. The van der Waals surface area contributed by atoms with Crippen molar-refractivity contribution in [2.45, 2.75) is 19.9 Å². The van der Waals surface area contributed by atoms with Crippen molar-refractivity contribution in [2.75, 3.05) is 18.9 Å². The molecule has 0 aliphatic rings. The first-order valence-corrected chi connectivity index (χ1v) is 4.56. The first-order chi connectivity index (χ1) is 6.36. The fraction of sp³-hybridized carbons (Fsp3) is 0.556. The molecule has 1 rings (SSSR count). The number of aromatic nitrogens is 2. The molecular formula is C9H16N4. The van der Waals surface area contributed by atoms with Crippen LogP contribution in [0, 0.1) is 0 Å². The van der Waals surface area contributed by atoms with E-state index >= 15 is 0 Å². The summed E-state index contributed by atoms with van der Waals surface area (Å²) in [5.74, 6) is 0.710. The van der Waals surface area contributed by atoms with E-state index in [0.29, 0.717) is 5.95 Å². The van der Waals surface area contributed by atoms with Crippen LogP contribution in [-0.4, -0.2) is 23.6 Å². The minimum atomic E-state index is 0.710. The van der Waals surface area contributed by atoms with Gasteiger partial charge in [0.1, 0.15) is 0 Å². The van der Waals surface area contributed by atoms with Crippen molar-refractivity contribution in [1.82, 2.24) is 15.3 Å². The van der Waals surface area contributed by atoms with E-state index in [4.69, 9.17) is 0 Å². The van der Waals surface area contributed by atoms with Crippen molar-refractivity contribution >= 4 is 5.95 Å². The van der Waals surface area contributed by atoms with E-state index in [2.05, 4.69) is 27.5 Å². The van der Waals surface area contributed by atoms with Gasteiger partial charge in [-0.2, -0.15) is 0 Å². The predicted molar refractivity (Wildman–Crippen MR) is 53.6 cm³/mol. The Morgan fingerprint density at radius 1 is 1.31 bits per heavy atom. The van der Waals surface area contributed by atoms with Gasteiger partial charge in [-0.15, -0.1) is 0 Å². The van der Waals surface area contributed by atoms with Crippen molar-refractivity contribution in [3.63, 3.8) is 0 Å². The molecule has 0 amide bonds. The number of hydrogen-bond donors (Lipinski definition) is 2. The normalized spacial score (nSPS) is 10.0. The summed E-state index contributed by atoms with van der Waals surface area (Å²) in [6.45, 7) is 3.85. The molecule has 0 bridgehead atoms. The topological polar surface area (TPSA) is 49.8 Å². The molecule has 1 aromatic rings. The van der Waals surface area contributed by atoms with Crippen molar-refractivity contribution < 1.29 is 0 Å². The van der Waals surface area contributed by atoms with Crippen LogP contribution in [0.4, 0.5) is 5.95 Å². The van der Waals surface area contributed by atoms with Crippen LogP contribution >= 0.6 is 0 Å². The van der Waals surface area contributed by atoms with Gasteiger partial charge >= 0.3 is 0 Å². The molecule has 0 radical (unpaired) electrons. The van der Waals surface area contributed by atoms with Gasteiger partial charge in [-0.05, 0) is 13.5 Å². The maximum absolute atomic E-state index is 4.17. The second kappa shape index (κ2) is 5.48. The van der Waals surface area contributed by atoms with Gasteiger partial charge in [0, 0.05) is 31.0 Å². The molecule has 0 fully saturated rings. The Labute approximate surface area is 78.8 Å². The largest absolute Gasteiger partial charge is 0.354 e. The van der Waals surface area contributed by atoms with Crippen molar-refractivity contribution in [1.29, 1.82) is 0 Å². The number of rotatable bonds is 5. The molecule has 1 aromatic heterocycles. The maximum atomic E-state index is 4.17. The molecule has 2 N–H and O–H groups in total. The lowest BCUT2D eigenvalue weighted by Crippen LogP contribution is -2.08. The summed E-state index contributed by atoms with van der Waals surface area (Å²) in [7, 11) is 1.91. The fourth-order valence-electron chi connectivity index (χ4n) is 0.978. The van der Waals surface area contributed by atoms with Crippen molar-refractivity contribution in [3.8, 4) is 0 Å². The summed E-state index contributed by atoms with van der Waals surface area (Å²) < 4.78 is 0. The highest BCUT2D eigenvalue weighted by Crippen LogP contribution is 1.99. The van der Waals surface area contributed by atoms with E-state index in [0.717, 1.165) is 25.1 Å². The predicted octanol–water partition coefficient (Wildman–Crippen LogP) is 1.02. The summed E-state index contributed by atoms with van der Waals surface area (Å²) in [5, 5.41) is 6.17. The van der Waals surface area contributed by atoms with Crippen LogP contribution in [0.15, 0.2) is 12.4 Å². The molecule has 4 heteroatoms. The molecule has 4 nitrogen and oxygen atoms in total. The highest BCUT2D eigenvalue weighted by molar-refractivity contribution is 5.24. The van der Waals surface area contributed by atoms with Crippen molar-refractivity contribution in [2.24, 2.45) is 0 Å². The van der Waals surface area contributed by atoms with Crippen LogP contribution in [0.25, 0.3) is 0 Å². The quantitative estimate of drug-likeness (QED) is 0.710. The second-order valence-electron chi connectivity index (χ2n) is 2.87. The van der Waals surface area contributed by atoms with Crippen molar-refractivity contribution in [3.05, 3.63) is 18.0 Å². The summed E-state index contributed by atoms with van der Waals surface area (Å²) in [4.78, 5) is 8.35. The van der Waals surface area contributed by atoms with E-state index in [-0.39, 0.29) is 0 Å². The summed E-state index contributed by atoms with van der Waals surface area (Å²) in [6.07, 6.45) is 4.75. The van der Waals surface area contributed by atoms with Gasteiger partial charge in [0.05, 0.1) is 0 Å². The smallest absolute Gasteiger partial charge is 0.222 e. The maximum Gasteiger partial charge on any atom is 0.222 e. The molecule has 1 heterocycles. The summed E-state index contributed by atoms with van der Waals surface area (Å²) in [5.41, 5.74) is 1.10. The second-order valence-corrected chi connectivity index (χ2v) is 2.87. The van der Waals surface area contributed by atoms with E-state index in [1.54, 1.807) is 0 Å². The Balaban J connectivity index is 2.48. The fourth-order valence-corrected chi connectivity index (χ4v) is 0.978. The Morgan fingerprint density at radius 3 is 2.54 bits per heavy atom. The standard InChI is InChI=1S/C9H16N4/c1-3-4-11-9-12-6-8(5-10-2)7-13-9/h6-7,10H,3-5H2,1-2H3,(H,11,12,13). The molecule has 0 aromatic carbocycles. The van der Waals surface area contributed by atoms with Gasteiger partial charge in [-0.1, -0.05) is 6.92 Å². The molecular weight excluding hydrogens is 164 g/mol. The molecule has 0 saturated carbocycles. The van der Waals surface area contributed by atoms with Gasteiger partial charge in [0.15, 0.2) is 0 Å². The first-order valence-electron chi connectivity index (χ1n) is 4.56. The Bertz CT molecular complexity index is 232. The van der Waals surface area contributed by atoms with Crippen LogP contribution in [0.2, 0.25) is 0 Å². The van der Waals surface area contributed by atoms with E-state index in [9.17, 15) is 0 Å². The zero-order chi connectivity index (χ0) is 9.52. The molecule has 72 valence electrons. The molecule has 0 aliphatic carbocycles. The number of hydrogen-bond acceptors (Lipinski definition) is 4. The lowest BCUT2D eigenvalue weighted by Gasteiger charge is -2.03. The van der Waals surface area contributed by atoms with Crippen LogP contribution in [0.1, 0.15) is 18.9 Å². The molecule has 0 saturated heterocycles. The molecule has 0 unspecified atom stereocenters. The molecule has 0 spiro atoms. The van der Waals surface area contributed by atoms with E-state index in [1.165, 1.54) is 0 Å². The highest BCUT2D eigenvalue weighted by atomic mass is 15.1. The van der Waals surface area contributed by atoms with E-state index < -0.39 is 0 Å². The van der Waals surface area contributed by atoms with Crippen LogP contribution in [0.5, 0.6) is 0 Å². The Morgan fingerprint density at radius 2 is 2.00 bits per heavy atom. The van der Waals surface area contributed by atoms with Gasteiger partial charge < -0.3 is 10.6 Å². The van der Waals surface area contributed by atoms with Gasteiger partial charge in [0.2, 0.25) is 5.95 Å². The third-order valence-corrected chi connectivity index (χ3v) is 1.62. The molecule has 13 heavy (non-hydrogen) atoms. The highest BCUT2D eigenvalue weighted by Gasteiger charge is 1.94. The number of nitrogens with one attached hydrogen (secondary N) is 2. The van der Waals surface area contributed by atoms with Crippen LogP contribution < -0.4 is 10.6 Å². The SMILES string of the molecule is CCCNc1ncc(CNC)cn1. The summed E-state index contributed by atoms with van der Waals surface area (Å²) in [6, 6.07) is 0. The van der Waals surface area contributed by atoms with Gasteiger partial charge in [-0.3, -0.25) is 0 Å². The molecule has 0 atom stereocenters. The average molecular weight is 180 g/mol. The van der Waals surface area contributed by atoms with Gasteiger partial charge in [0.25, 0.3) is 0 Å². The Hall–Kier alpha value is -1.16. The third kappa shape index (κ3) is 3.38. The molecule has 0 aliphatic heterocycles. The lowest BCUT2D eigenvalue weighted by molar-refractivity contribution is 0.806. The first kappa shape index (κ1) is 9.92. The number of nitrogens with zero attached hydrogens (tertiary/aromatic N) is 2. The lowest BCUT2D eigenvalue weighted by atomic mass is 10.3. The van der Waals surface area contributed by atoms with E-state index in [1.807, 2.05) is 19.4 Å². The Kier molecular flexibility index (Phi) is 4.18. The number of anilines is 1. The minimum Gasteiger partial charge on any atom is -0.354 e. The zero-order valence-corrected chi connectivity index (χ0v) is 8.17. The average Bonchev–Trinajstić information content (AvgIpc) is 2.17. The summed E-state index contributed by atoms with van der Waals surface area (Å²) >= 11 is 0. The third-order valence-electron chi connectivity index (χ3n) is 1.62. The minimum absolute atomic E-state index is 0.710. The van der Waals surface area contributed by atoms with Gasteiger partial charge in [-0.25, -0.2) is 9.97 Å². The van der Waals surface area contributed by atoms with Crippen LogP contribution in [-0.2, 0) is 6.54 Å².